The maximum atomic E-state index is 14.2. The summed E-state index contributed by atoms with van der Waals surface area (Å²) in [7, 11) is 0. The van der Waals surface area contributed by atoms with Gasteiger partial charge in [-0.1, -0.05) is 35.9 Å². The normalized spacial score (nSPS) is 11.0. The Balaban J connectivity index is 2.33. The third kappa shape index (κ3) is 2.04. The molecule has 1 aromatic heterocycles. The zero-order valence-electron chi connectivity index (χ0n) is 11.1. The molecule has 0 radical (unpaired) electrons. The molecular weight excluding hydrogens is 275 g/mol. The molecule has 100 valence electrons. The predicted molar refractivity (Wildman–Crippen MR) is 79.4 cm³/mol. The number of halogens is 2. The maximum absolute atomic E-state index is 14.2. The van der Waals surface area contributed by atoms with Crippen molar-refractivity contribution < 1.29 is 4.39 Å². The molecule has 0 N–H and O–H groups in total. The molecule has 0 fully saturated rings. The summed E-state index contributed by atoms with van der Waals surface area (Å²) in [6.45, 7) is 3.66. The summed E-state index contributed by atoms with van der Waals surface area (Å²) in [6, 6.07) is 10.9. The van der Waals surface area contributed by atoms with Crippen molar-refractivity contribution in [3.8, 4) is 11.4 Å². The van der Waals surface area contributed by atoms with Crippen LogP contribution in [0.3, 0.4) is 0 Å². The summed E-state index contributed by atoms with van der Waals surface area (Å²) in [4.78, 5) is 8.70. The van der Waals surface area contributed by atoms with Crippen LogP contribution in [0.15, 0.2) is 36.4 Å². The van der Waals surface area contributed by atoms with Gasteiger partial charge in [0.1, 0.15) is 11.0 Å². The van der Waals surface area contributed by atoms with Gasteiger partial charge in [0, 0.05) is 5.39 Å². The quantitative estimate of drug-likeness (QED) is 0.606. The minimum absolute atomic E-state index is 0.309. The van der Waals surface area contributed by atoms with Crippen molar-refractivity contribution in [2.75, 3.05) is 0 Å². The Bertz CT molecular complexity index is 815. The average Bonchev–Trinajstić information content (AvgIpc) is 2.43. The molecule has 0 amide bonds. The van der Waals surface area contributed by atoms with Crippen LogP contribution in [0.2, 0.25) is 5.15 Å². The van der Waals surface area contributed by atoms with E-state index in [1.165, 1.54) is 0 Å². The first kappa shape index (κ1) is 13.0. The van der Waals surface area contributed by atoms with E-state index in [-0.39, 0.29) is 5.82 Å². The highest BCUT2D eigenvalue weighted by atomic mass is 35.5. The number of rotatable bonds is 1. The van der Waals surface area contributed by atoms with E-state index in [0.29, 0.717) is 22.1 Å². The number of nitrogens with zero attached hydrogens (tertiary/aromatic N) is 2. The molecule has 0 saturated heterocycles. The molecule has 2 nitrogen and oxygen atoms in total. The second kappa shape index (κ2) is 4.84. The molecule has 3 rings (SSSR count). The minimum atomic E-state index is -0.309. The van der Waals surface area contributed by atoms with Gasteiger partial charge in [0.2, 0.25) is 0 Å². The zero-order valence-corrected chi connectivity index (χ0v) is 11.9. The first-order valence-corrected chi connectivity index (χ1v) is 6.64. The van der Waals surface area contributed by atoms with Crippen molar-refractivity contribution in [2.45, 2.75) is 13.8 Å². The summed E-state index contributed by atoms with van der Waals surface area (Å²) >= 11 is 6.20. The number of fused-ring (bicyclic) bond motifs is 1. The molecule has 0 aliphatic rings. The Morgan fingerprint density at radius 2 is 1.65 bits per heavy atom. The van der Waals surface area contributed by atoms with E-state index in [1.807, 2.05) is 25.1 Å². The highest BCUT2D eigenvalue weighted by Gasteiger charge is 2.13. The Hall–Kier alpha value is -2.00. The fourth-order valence-corrected chi connectivity index (χ4v) is 2.43. The first-order chi connectivity index (χ1) is 9.58. The largest absolute Gasteiger partial charge is 0.228 e. The van der Waals surface area contributed by atoms with E-state index in [0.717, 1.165) is 16.5 Å². The van der Waals surface area contributed by atoms with E-state index < -0.39 is 0 Å². The van der Waals surface area contributed by atoms with Gasteiger partial charge in [-0.2, -0.15) is 0 Å². The molecule has 0 bridgehead atoms. The van der Waals surface area contributed by atoms with Crippen molar-refractivity contribution >= 4 is 22.5 Å². The zero-order chi connectivity index (χ0) is 14.3. The van der Waals surface area contributed by atoms with Gasteiger partial charge in [-0.15, -0.1) is 0 Å². The van der Waals surface area contributed by atoms with Gasteiger partial charge in [-0.3, -0.25) is 0 Å². The molecule has 3 aromatic rings. The third-order valence-corrected chi connectivity index (χ3v) is 3.60. The van der Waals surface area contributed by atoms with Gasteiger partial charge in [0.05, 0.1) is 11.1 Å². The maximum Gasteiger partial charge on any atom is 0.164 e. The van der Waals surface area contributed by atoms with Crippen molar-refractivity contribution in [1.82, 2.24) is 9.97 Å². The Morgan fingerprint density at radius 1 is 0.950 bits per heavy atom. The average molecular weight is 287 g/mol. The van der Waals surface area contributed by atoms with Crippen molar-refractivity contribution in [1.29, 1.82) is 0 Å². The van der Waals surface area contributed by atoms with Crippen LogP contribution in [0, 0.1) is 19.7 Å². The molecule has 0 saturated carbocycles. The van der Waals surface area contributed by atoms with Crippen molar-refractivity contribution in [3.05, 3.63) is 58.5 Å². The number of aromatic nitrogens is 2. The lowest BCUT2D eigenvalue weighted by Gasteiger charge is -2.08. The number of para-hydroxylation sites is 1. The van der Waals surface area contributed by atoms with E-state index in [9.17, 15) is 4.39 Å². The van der Waals surface area contributed by atoms with Gasteiger partial charge in [0.25, 0.3) is 0 Å². The number of hydrogen-bond acceptors (Lipinski definition) is 2. The molecule has 2 aromatic carbocycles. The van der Waals surface area contributed by atoms with Crippen LogP contribution in [-0.2, 0) is 0 Å². The second-order valence-corrected chi connectivity index (χ2v) is 5.10. The SMILES string of the molecule is Cc1cccc(-c2nc(Cl)c3cccc(C)c3n2)c1F. The van der Waals surface area contributed by atoms with Crippen LogP contribution in [0.5, 0.6) is 0 Å². The van der Waals surface area contributed by atoms with Crippen LogP contribution >= 0.6 is 11.6 Å². The first-order valence-electron chi connectivity index (χ1n) is 6.26. The monoisotopic (exact) mass is 286 g/mol. The molecular formula is C16H12ClFN2. The van der Waals surface area contributed by atoms with E-state index in [1.54, 1.807) is 25.1 Å². The molecule has 0 atom stereocenters. The summed E-state index contributed by atoms with van der Waals surface area (Å²) < 4.78 is 14.2. The molecule has 0 aliphatic carbocycles. The molecule has 1 heterocycles. The second-order valence-electron chi connectivity index (χ2n) is 4.75. The van der Waals surface area contributed by atoms with E-state index in [2.05, 4.69) is 9.97 Å². The van der Waals surface area contributed by atoms with Crippen LogP contribution in [0.4, 0.5) is 4.39 Å². The summed E-state index contributed by atoms with van der Waals surface area (Å²) in [5.41, 5.74) is 2.67. The standard InChI is InChI=1S/C16H12ClFN2/c1-9-5-3-7-11(13(9)18)16-19-14-10(2)6-4-8-12(14)15(17)20-16/h3-8H,1-2H3. The molecule has 4 heteroatoms. The smallest absolute Gasteiger partial charge is 0.164 e. The lowest BCUT2D eigenvalue weighted by atomic mass is 10.1. The van der Waals surface area contributed by atoms with Gasteiger partial charge in [0.15, 0.2) is 5.82 Å². The van der Waals surface area contributed by atoms with E-state index in [4.69, 9.17) is 11.6 Å². The predicted octanol–water partition coefficient (Wildman–Crippen LogP) is 4.71. The third-order valence-electron chi connectivity index (χ3n) is 3.31. The highest BCUT2D eigenvalue weighted by molar-refractivity contribution is 6.34. The minimum Gasteiger partial charge on any atom is -0.228 e. The lowest BCUT2D eigenvalue weighted by Crippen LogP contribution is -1.96. The van der Waals surface area contributed by atoms with Gasteiger partial charge < -0.3 is 0 Å². The van der Waals surface area contributed by atoms with Crippen LogP contribution in [-0.4, -0.2) is 9.97 Å². The fraction of sp³-hybridized carbons (Fsp3) is 0.125. The van der Waals surface area contributed by atoms with Gasteiger partial charge in [-0.25, -0.2) is 14.4 Å². The number of hydrogen-bond donors (Lipinski definition) is 0. The van der Waals surface area contributed by atoms with Gasteiger partial charge in [-0.05, 0) is 37.1 Å². The van der Waals surface area contributed by atoms with Crippen molar-refractivity contribution in [3.63, 3.8) is 0 Å². The number of benzene rings is 2. The van der Waals surface area contributed by atoms with E-state index >= 15 is 0 Å². The Kier molecular flexibility index (Phi) is 3.14. The Morgan fingerprint density at radius 3 is 2.45 bits per heavy atom. The summed E-state index contributed by atoms with van der Waals surface area (Å²) in [5, 5.41) is 1.12. The molecule has 20 heavy (non-hydrogen) atoms. The van der Waals surface area contributed by atoms with Crippen LogP contribution in [0.1, 0.15) is 11.1 Å². The van der Waals surface area contributed by atoms with Crippen molar-refractivity contribution in [2.24, 2.45) is 0 Å². The lowest BCUT2D eigenvalue weighted by molar-refractivity contribution is 0.621. The topological polar surface area (TPSA) is 25.8 Å². The molecule has 0 unspecified atom stereocenters. The number of aryl methyl sites for hydroxylation is 2. The van der Waals surface area contributed by atoms with Crippen LogP contribution < -0.4 is 0 Å². The summed E-state index contributed by atoms with van der Waals surface area (Å²) in [5.74, 6) is 0.00880. The molecule has 0 aliphatic heterocycles. The fourth-order valence-electron chi connectivity index (χ4n) is 2.20. The highest BCUT2D eigenvalue weighted by Crippen LogP contribution is 2.28. The van der Waals surface area contributed by atoms with Gasteiger partial charge >= 0.3 is 0 Å². The molecule has 0 spiro atoms. The van der Waals surface area contributed by atoms with Crippen LogP contribution in [0.25, 0.3) is 22.3 Å². The Labute approximate surface area is 121 Å². The summed E-state index contributed by atoms with van der Waals surface area (Å²) in [6.07, 6.45) is 0.